The minimum atomic E-state index is 0.339. The van der Waals surface area contributed by atoms with Gasteiger partial charge in [0, 0.05) is 6.04 Å². The maximum Gasteiger partial charge on any atom is 0.120 e. The first kappa shape index (κ1) is 15.4. The number of hydrogen-bond acceptors (Lipinski definition) is 2. The van der Waals surface area contributed by atoms with E-state index in [9.17, 15) is 0 Å². The summed E-state index contributed by atoms with van der Waals surface area (Å²) in [6, 6.07) is 7.08. The zero-order valence-corrected chi connectivity index (χ0v) is 13.4. The Kier molecular flexibility index (Phi) is 5.47. The molecule has 2 rings (SSSR count). The fraction of sp³-hybridized carbons (Fsp3) is 0.667. The van der Waals surface area contributed by atoms with Crippen molar-refractivity contribution in [1.29, 1.82) is 0 Å². The molecule has 1 fully saturated rings. The van der Waals surface area contributed by atoms with Crippen LogP contribution in [-0.4, -0.2) is 18.7 Å². The van der Waals surface area contributed by atoms with Gasteiger partial charge in [-0.25, -0.2) is 0 Å². The minimum Gasteiger partial charge on any atom is -0.489 e. The lowest BCUT2D eigenvalue weighted by atomic mass is 9.98. The molecule has 20 heavy (non-hydrogen) atoms. The summed E-state index contributed by atoms with van der Waals surface area (Å²) >= 11 is 0. The third-order valence-corrected chi connectivity index (χ3v) is 4.26. The van der Waals surface area contributed by atoms with E-state index in [1.54, 1.807) is 0 Å². The number of benzene rings is 1. The van der Waals surface area contributed by atoms with Gasteiger partial charge in [-0.1, -0.05) is 26.8 Å². The summed E-state index contributed by atoms with van der Waals surface area (Å²) in [7, 11) is 0. The topological polar surface area (TPSA) is 21.3 Å². The third kappa shape index (κ3) is 3.76. The number of ether oxygens (including phenoxy) is 1. The Labute approximate surface area is 123 Å². The molecule has 2 nitrogen and oxygen atoms in total. The quantitative estimate of drug-likeness (QED) is 0.830. The van der Waals surface area contributed by atoms with Gasteiger partial charge in [0.2, 0.25) is 0 Å². The van der Waals surface area contributed by atoms with Crippen LogP contribution in [0.5, 0.6) is 5.75 Å². The molecule has 1 aliphatic rings. The summed E-state index contributed by atoms with van der Waals surface area (Å²) in [6.07, 6.45) is 5.21. The molecule has 1 saturated carbocycles. The summed E-state index contributed by atoms with van der Waals surface area (Å²) in [5.74, 6) is 1.61. The highest BCUT2D eigenvalue weighted by Crippen LogP contribution is 2.28. The van der Waals surface area contributed by atoms with Crippen LogP contribution in [-0.2, 0) is 0 Å². The largest absolute Gasteiger partial charge is 0.489 e. The molecule has 1 N–H and O–H groups in total. The Balaban J connectivity index is 2.00. The number of hydrogen-bond donors (Lipinski definition) is 1. The molecule has 0 aliphatic heterocycles. The van der Waals surface area contributed by atoms with Crippen molar-refractivity contribution in [3.05, 3.63) is 29.3 Å². The van der Waals surface area contributed by atoms with E-state index in [-0.39, 0.29) is 0 Å². The van der Waals surface area contributed by atoms with Crippen LogP contribution < -0.4 is 10.1 Å². The van der Waals surface area contributed by atoms with Gasteiger partial charge in [0.25, 0.3) is 0 Å². The van der Waals surface area contributed by atoms with Crippen molar-refractivity contribution >= 4 is 0 Å². The molecule has 2 unspecified atom stereocenters. The van der Waals surface area contributed by atoms with Crippen LogP contribution in [0, 0.1) is 6.92 Å². The van der Waals surface area contributed by atoms with E-state index in [1.165, 1.54) is 36.8 Å². The van der Waals surface area contributed by atoms with Gasteiger partial charge in [-0.15, -0.1) is 0 Å². The van der Waals surface area contributed by atoms with E-state index in [4.69, 9.17) is 4.74 Å². The number of rotatable bonds is 6. The zero-order valence-electron chi connectivity index (χ0n) is 13.4. The third-order valence-electron chi connectivity index (χ3n) is 4.26. The second kappa shape index (κ2) is 7.12. The van der Waals surface area contributed by atoms with Gasteiger partial charge in [-0.2, -0.15) is 0 Å². The van der Waals surface area contributed by atoms with Crippen molar-refractivity contribution in [2.75, 3.05) is 6.54 Å². The normalized spacial score (nSPS) is 22.4. The Hall–Kier alpha value is -1.02. The molecule has 0 bridgehead atoms. The van der Waals surface area contributed by atoms with Gasteiger partial charge >= 0.3 is 0 Å². The highest BCUT2D eigenvalue weighted by atomic mass is 16.5. The number of aryl methyl sites for hydroxylation is 1. The Morgan fingerprint density at radius 2 is 2.10 bits per heavy atom. The van der Waals surface area contributed by atoms with Crippen LogP contribution >= 0.6 is 0 Å². The molecule has 1 aromatic rings. The lowest BCUT2D eigenvalue weighted by Crippen LogP contribution is -2.39. The van der Waals surface area contributed by atoms with Crippen molar-refractivity contribution in [1.82, 2.24) is 5.32 Å². The highest BCUT2D eigenvalue weighted by Gasteiger charge is 2.28. The van der Waals surface area contributed by atoms with E-state index < -0.39 is 0 Å². The second-order valence-electron chi connectivity index (χ2n) is 6.32. The first-order chi connectivity index (χ1) is 9.61. The lowest BCUT2D eigenvalue weighted by molar-refractivity contribution is 0.175. The molecule has 1 aliphatic carbocycles. The summed E-state index contributed by atoms with van der Waals surface area (Å²) in [5.41, 5.74) is 2.76. The summed E-state index contributed by atoms with van der Waals surface area (Å²) in [6.45, 7) is 9.97. The Morgan fingerprint density at radius 3 is 2.75 bits per heavy atom. The predicted octanol–water partition coefficient (Wildman–Crippen LogP) is 4.42. The van der Waals surface area contributed by atoms with Crippen LogP contribution in [0.15, 0.2) is 18.2 Å². The molecule has 0 amide bonds. The van der Waals surface area contributed by atoms with Gasteiger partial charge in [-0.05, 0) is 68.3 Å². The van der Waals surface area contributed by atoms with E-state index in [2.05, 4.69) is 51.2 Å². The van der Waals surface area contributed by atoms with Gasteiger partial charge in [0.1, 0.15) is 11.9 Å². The maximum atomic E-state index is 6.24. The average Bonchev–Trinajstić information content (AvgIpc) is 2.83. The fourth-order valence-corrected chi connectivity index (χ4v) is 3.17. The molecule has 1 aromatic carbocycles. The van der Waals surface area contributed by atoms with Crippen LogP contribution in [0.25, 0.3) is 0 Å². The van der Waals surface area contributed by atoms with Gasteiger partial charge in [-0.3, -0.25) is 0 Å². The predicted molar refractivity (Wildman–Crippen MR) is 85.6 cm³/mol. The minimum absolute atomic E-state index is 0.339. The summed E-state index contributed by atoms with van der Waals surface area (Å²) in [4.78, 5) is 0. The van der Waals surface area contributed by atoms with Gasteiger partial charge in [0.05, 0.1) is 0 Å². The molecular weight excluding hydrogens is 246 g/mol. The van der Waals surface area contributed by atoms with E-state index in [1.807, 2.05) is 0 Å². The second-order valence-corrected chi connectivity index (χ2v) is 6.32. The molecule has 0 saturated heterocycles. The monoisotopic (exact) mass is 275 g/mol. The molecule has 2 heteroatoms. The zero-order chi connectivity index (χ0) is 14.5. The SMILES string of the molecule is CCCNC1CCCC1Oc1ccc(C(C)C)c(C)c1. The molecule has 0 heterocycles. The molecule has 0 aromatic heterocycles. The lowest BCUT2D eigenvalue weighted by Gasteiger charge is -2.23. The van der Waals surface area contributed by atoms with Crippen molar-refractivity contribution in [2.24, 2.45) is 0 Å². The fourth-order valence-electron chi connectivity index (χ4n) is 3.17. The number of nitrogens with one attached hydrogen (secondary N) is 1. The van der Waals surface area contributed by atoms with Crippen LogP contribution in [0.2, 0.25) is 0 Å². The van der Waals surface area contributed by atoms with E-state index >= 15 is 0 Å². The van der Waals surface area contributed by atoms with Crippen LogP contribution in [0.1, 0.15) is 63.5 Å². The first-order valence-corrected chi connectivity index (χ1v) is 8.12. The Bertz CT molecular complexity index is 427. The summed E-state index contributed by atoms with van der Waals surface area (Å²) in [5, 5.41) is 3.62. The highest BCUT2D eigenvalue weighted by molar-refractivity contribution is 5.36. The Morgan fingerprint density at radius 1 is 1.30 bits per heavy atom. The molecule has 2 atom stereocenters. The summed E-state index contributed by atoms with van der Waals surface area (Å²) < 4.78 is 6.24. The smallest absolute Gasteiger partial charge is 0.120 e. The van der Waals surface area contributed by atoms with Gasteiger partial charge < -0.3 is 10.1 Å². The van der Waals surface area contributed by atoms with Crippen molar-refractivity contribution in [2.45, 2.75) is 71.4 Å². The van der Waals surface area contributed by atoms with Crippen LogP contribution in [0.4, 0.5) is 0 Å². The molecular formula is C18H29NO. The van der Waals surface area contributed by atoms with E-state index in [0.717, 1.165) is 12.3 Å². The van der Waals surface area contributed by atoms with Crippen molar-refractivity contribution < 1.29 is 4.74 Å². The maximum absolute atomic E-state index is 6.24. The van der Waals surface area contributed by atoms with Crippen LogP contribution in [0.3, 0.4) is 0 Å². The van der Waals surface area contributed by atoms with E-state index in [0.29, 0.717) is 18.1 Å². The average molecular weight is 275 g/mol. The molecule has 0 radical (unpaired) electrons. The van der Waals surface area contributed by atoms with Crippen molar-refractivity contribution in [3.63, 3.8) is 0 Å². The van der Waals surface area contributed by atoms with Gasteiger partial charge in [0.15, 0.2) is 0 Å². The standard InChI is InChI=1S/C18H29NO/c1-5-11-19-17-7-6-8-18(17)20-15-9-10-16(13(2)3)14(4)12-15/h9-10,12-13,17-19H,5-8,11H2,1-4H3. The molecule has 0 spiro atoms. The van der Waals surface area contributed by atoms with Crippen molar-refractivity contribution in [3.8, 4) is 5.75 Å². The first-order valence-electron chi connectivity index (χ1n) is 8.12. The molecule has 112 valence electrons.